The van der Waals surface area contributed by atoms with Crippen LogP contribution in [-0.4, -0.2) is 44.9 Å². The average molecular weight is 401 g/mol. The fourth-order valence-corrected chi connectivity index (χ4v) is 2.45. The van der Waals surface area contributed by atoms with Crippen LogP contribution in [0.4, 0.5) is 0 Å². The molecule has 9 nitrogen and oxygen atoms in total. The summed E-state index contributed by atoms with van der Waals surface area (Å²) in [5.74, 6) is -3.38. The van der Waals surface area contributed by atoms with Crippen LogP contribution in [0.1, 0.15) is 17.5 Å². The minimum atomic E-state index is -1.09. The fourth-order valence-electron chi connectivity index (χ4n) is 1.41. The summed E-state index contributed by atoms with van der Waals surface area (Å²) in [5.41, 5.74) is -0.477. The molecule has 2 amide bonds. The quantitative estimate of drug-likeness (QED) is 0.696. The molecule has 1 atom stereocenters. The normalized spacial score (nSPS) is 17.7. The van der Waals surface area contributed by atoms with E-state index in [0.717, 1.165) is 11.8 Å². The number of amidine groups is 2. The Morgan fingerprint density at radius 1 is 1.52 bits per heavy atom. The second-order valence-electron chi connectivity index (χ2n) is 4.19. The smallest absolute Gasteiger partial charge is 0.316 e. The monoisotopic (exact) mass is 400 g/mol. The van der Waals surface area contributed by atoms with Gasteiger partial charge in [-0.3, -0.25) is 25.1 Å². The van der Waals surface area contributed by atoms with Gasteiger partial charge in [0.1, 0.15) is 5.25 Å². The van der Waals surface area contributed by atoms with E-state index < -0.39 is 34.6 Å². The number of thioether (sulfide) groups is 1. The van der Waals surface area contributed by atoms with Gasteiger partial charge in [0.05, 0.1) is 0 Å². The molecule has 120 valence electrons. The number of halogens is 1. The van der Waals surface area contributed by atoms with Crippen molar-refractivity contribution in [2.24, 2.45) is 9.98 Å². The Morgan fingerprint density at radius 3 is 2.74 bits per heavy atom. The summed E-state index contributed by atoms with van der Waals surface area (Å²) >= 11 is 3.80. The van der Waals surface area contributed by atoms with E-state index in [0.29, 0.717) is 4.67 Å². The van der Waals surface area contributed by atoms with Crippen molar-refractivity contribution in [1.82, 2.24) is 5.32 Å². The maximum absolute atomic E-state index is 11.9. The predicted octanol–water partition coefficient (Wildman–Crippen LogP) is 1.29. The Bertz CT molecular complexity index is 769. The van der Waals surface area contributed by atoms with Gasteiger partial charge in [-0.1, -0.05) is 11.8 Å². The number of hydrogen-bond acceptors (Lipinski definition) is 6. The first-order valence-electron chi connectivity index (χ1n) is 6.04. The molecule has 0 saturated heterocycles. The second-order valence-corrected chi connectivity index (χ2v) is 6.30. The van der Waals surface area contributed by atoms with Crippen LogP contribution in [-0.2, 0) is 9.59 Å². The summed E-state index contributed by atoms with van der Waals surface area (Å²) in [6, 6.07) is 2.85. The maximum atomic E-state index is 11.9. The Hall–Kier alpha value is -2.27. The molecule has 1 aromatic heterocycles. The van der Waals surface area contributed by atoms with Crippen LogP contribution in [0.5, 0.6) is 0 Å². The Labute approximate surface area is 141 Å². The molecule has 1 aliphatic rings. The molecule has 1 aliphatic heterocycles. The number of nitrogens with zero attached hydrogens (tertiary/aromatic N) is 2. The number of carboxylic acid groups (broad SMARTS) is 1. The average Bonchev–Trinajstić information content (AvgIpc) is 2.89. The summed E-state index contributed by atoms with van der Waals surface area (Å²) in [4.78, 5) is 41.8. The molecule has 0 bridgehead atoms. The summed E-state index contributed by atoms with van der Waals surface area (Å²) in [5, 5.41) is 17.9. The fraction of sp³-hybridized carbons (Fsp3) is 0.167. The van der Waals surface area contributed by atoms with Gasteiger partial charge in [-0.2, -0.15) is 4.99 Å². The van der Waals surface area contributed by atoms with E-state index in [9.17, 15) is 14.4 Å². The SMILES string of the molecule is CC(SC1=NC(=N)C(=NC(=O)c2ccc(Br)o2)C(=O)N1)C(=O)O. The zero-order valence-electron chi connectivity index (χ0n) is 11.5. The van der Waals surface area contributed by atoms with Crippen molar-refractivity contribution in [1.29, 1.82) is 5.41 Å². The lowest BCUT2D eigenvalue weighted by atomic mass is 10.3. The zero-order chi connectivity index (χ0) is 17.1. The molecule has 11 heteroatoms. The van der Waals surface area contributed by atoms with Gasteiger partial charge in [0.2, 0.25) is 0 Å². The number of aliphatic imine (C=N–C) groups is 2. The number of aliphatic carboxylic acids is 1. The summed E-state index contributed by atoms with van der Waals surface area (Å²) in [6.07, 6.45) is 0. The number of carbonyl (C=O) groups is 3. The first-order valence-corrected chi connectivity index (χ1v) is 7.72. The number of furan rings is 1. The van der Waals surface area contributed by atoms with Gasteiger partial charge in [-0.25, -0.2) is 4.99 Å². The molecule has 3 N–H and O–H groups in total. The number of amides is 2. The van der Waals surface area contributed by atoms with Crippen LogP contribution in [0.2, 0.25) is 0 Å². The molecule has 23 heavy (non-hydrogen) atoms. The topological polar surface area (TPSA) is 145 Å². The highest BCUT2D eigenvalue weighted by Crippen LogP contribution is 2.16. The Morgan fingerprint density at radius 2 is 2.22 bits per heavy atom. The largest absolute Gasteiger partial charge is 0.480 e. The van der Waals surface area contributed by atoms with E-state index in [4.69, 9.17) is 14.9 Å². The van der Waals surface area contributed by atoms with Crippen LogP contribution >= 0.6 is 27.7 Å². The first kappa shape index (κ1) is 17.1. The van der Waals surface area contributed by atoms with Crippen molar-refractivity contribution in [2.45, 2.75) is 12.2 Å². The van der Waals surface area contributed by atoms with Crippen LogP contribution in [0.15, 0.2) is 31.2 Å². The number of hydrogen-bond donors (Lipinski definition) is 3. The van der Waals surface area contributed by atoms with E-state index in [1.54, 1.807) is 0 Å². The van der Waals surface area contributed by atoms with Crippen molar-refractivity contribution in [3.63, 3.8) is 0 Å². The molecule has 0 aliphatic carbocycles. The van der Waals surface area contributed by atoms with Gasteiger partial charge >= 0.3 is 11.9 Å². The van der Waals surface area contributed by atoms with Crippen molar-refractivity contribution in [3.05, 3.63) is 22.6 Å². The van der Waals surface area contributed by atoms with Crippen LogP contribution in [0.3, 0.4) is 0 Å². The number of nitrogens with one attached hydrogen (secondary N) is 2. The number of carboxylic acids is 1. The van der Waals surface area contributed by atoms with Crippen molar-refractivity contribution in [3.8, 4) is 0 Å². The lowest BCUT2D eigenvalue weighted by Crippen LogP contribution is -2.44. The molecular weight excluding hydrogens is 392 g/mol. The summed E-state index contributed by atoms with van der Waals surface area (Å²) in [7, 11) is 0. The molecule has 0 fully saturated rings. The predicted molar refractivity (Wildman–Crippen MR) is 86.2 cm³/mol. The van der Waals surface area contributed by atoms with Crippen LogP contribution in [0, 0.1) is 5.41 Å². The summed E-state index contributed by atoms with van der Waals surface area (Å²) in [6.45, 7) is 1.41. The molecule has 0 spiro atoms. The Kier molecular flexibility index (Phi) is 5.11. The third-order valence-electron chi connectivity index (χ3n) is 2.51. The van der Waals surface area contributed by atoms with Gasteiger partial charge in [-0.15, -0.1) is 0 Å². The van der Waals surface area contributed by atoms with Crippen molar-refractivity contribution < 1.29 is 23.9 Å². The maximum Gasteiger partial charge on any atom is 0.316 e. The highest BCUT2D eigenvalue weighted by atomic mass is 79.9. The lowest BCUT2D eigenvalue weighted by molar-refractivity contribution is -0.136. The van der Waals surface area contributed by atoms with E-state index >= 15 is 0 Å². The first-order chi connectivity index (χ1) is 10.8. The molecule has 0 aromatic carbocycles. The van der Waals surface area contributed by atoms with E-state index in [-0.39, 0.29) is 10.9 Å². The van der Waals surface area contributed by atoms with E-state index in [1.807, 2.05) is 0 Å². The molecule has 2 rings (SSSR count). The number of carbonyl (C=O) groups excluding carboxylic acids is 2. The minimum absolute atomic E-state index is 0.0398. The number of rotatable bonds is 3. The van der Waals surface area contributed by atoms with Crippen LogP contribution < -0.4 is 5.32 Å². The van der Waals surface area contributed by atoms with Crippen molar-refractivity contribution >= 4 is 62.2 Å². The standard InChI is InChI=1S/C12H9BrN4O5S/c1-4(11(20)21)23-12-16-8(14)7(10(19)17-12)15-9(18)5-2-3-6(13)22-5/h2-4H,1H3,(H,20,21)(H2,14,16,17,19). The third kappa shape index (κ3) is 4.13. The highest BCUT2D eigenvalue weighted by molar-refractivity contribution is 9.10. The molecule has 0 saturated carbocycles. The molecule has 1 unspecified atom stereocenters. The second kappa shape index (κ2) is 6.87. The Balaban J connectivity index is 2.19. The van der Waals surface area contributed by atoms with Crippen LogP contribution in [0.25, 0.3) is 0 Å². The van der Waals surface area contributed by atoms with Gasteiger partial charge in [0, 0.05) is 0 Å². The third-order valence-corrected chi connectivity index (χ3v) is 3.90. The highest BCUT2D eigenvalue weighted by Gasteiger charge is 2.28. The lowest BCUT2D eigenvalue weighted by Gasteiger charge is -2.15. The van der Waals surface area contributed by atoms with E-state index in [2.05, 4.69) is 31.2 Å². The van der Waals surface area contributed by atoms with Gasteiger partial charge in [0.15, 0.2) is 27.1 Å². The zero-order valence-corrected chi connectivity index (χ0v) is 13.9. The van der Waals surface area contributed by atoms with Crippen molar-refractivity contribution in [2.75, 3.05) is 0 Å². The molecular formula is C12H9BrN4O5S. The minimum Gasteiger partial charge on any atom is -0.480 e. The molecule has 1 aromatic rings. The van der Waals surface area contributed by atoms with Gasteiger partial charge < -0.3 is 9.52 Å². The van der Waals surface area contributed by atoms with Gasteiger partial charge in [-0.05, 0) is 35.0 Å². The summed E-state index contributed by atoms with van der Waals surface area (Å²) < 4.78 is 5.33. The molecule has 0 radical (unpaired) electrons. The molecule has 2 heterocycles. The van der Waals surface area contributed by atoms with E-state index in [1.165, 1.54) is 19.1 Å². The van der Waals surface area contributed by atoms with Gasteiger partial charge in [0.25, 0.3) is 5.91 Å².